The highest BCUT2D eigenvalue weighted by Gasteiger charge is 2.13. The van der Waals surface area contributed by atoms with Gasteiger partial charge in [0.2, 0.25) is 5.91 Å². The van der Waals surface area contributed by atoms with Crippen LogP contribution in [0.3, 0.4) is 0 Å². The first-order chi connectivity index (χ1) is 12.1. The molecule has 3 rings (SSSR count). The molecule has 0 fully saturated rings. The Morgan fingerprint density at radius 2 is 1.96 bits per heavy atom. The molecule has 0 aliphatic rings. The van der Waals surface area contributed by atoms with Crippen LogP contribution in [0.1, 0.15) is 40.1 Å². The molecular formula is C19H21N3O2S. The molecule has 0 unspecified atom stereocenters. The van der Waals surface area contributed by atoms with E-state index >= 15 is 0 Å². The Hall–Kier alpha value is -2.47. The average molecular weight is 355 g/mol. The molecule has 0 bridgehead atoms. The highest BCUT2D eigenvalue weighted by atomic mass is 32.1. The minimum Gasteiger partial charge on any atom is -0.349 e. The van der Waals surface area contributed by atoms with Gasteiger partial charge in [0.05, 0.1) is 22.5 Å². The molecule has 0 spiro atoms. The summed E-state index contributed by atoms with van der Waals surface area (Å²) in [5.74, 6) is 0.725. The number of hydrogen-bond acceptors (Lipinski definition) is 4. The van der Waals surface area contributed by atoms with E-state index in [1.54, 1.807) is 0 Å². The molecule has 0 saturated carbocycles. The number of aryl methyl sites for hydroxylation is 2. The lowest BCUT2D eigenvalue weighted by Crippen LogP contribution is -2.25. The van der Waals surface area contributed by atoms with Gasteiger partial charge in [0, 0.05) is 24.3 Å². The second kappa shape index (κ2) is 7.61. The summed E-state index contributed by atoms with van der Waals surface area (Å²) >= 11 is 1.47. The molecule has 0 aliphatic heterocycles. The molecule has 1 amide bonds. The number of thiophene rings is 1. The molecule has 5 nitrogen and oxygen atoms in total. The van der Waals surface area contributed by atoms with E-state index in [4.69, 9.17) is 0 Å². The van der Waals surface area contributed by atoms with E-state index in [-0.39, 0.29) is 24.5 Å². The second-order valence-electron chi connectivity index (χ2n) is 5.87. The molecular weight excluding hydrogens is 334 g/mol. The van der Waals surface area contributed by atoms with Crippen LogP contribution in [0.4, 0.5) is 0 Å². The van der Waals surface area contributed by atoms with Gasteiger partial charge >= 0.3 is 0 Å². The summed E-state index contributed by atoms with van der Waals surface area (Å²) in [6.45, 7) is 5.19. The average Bonchev–Trinajstić information content (AvgIpc) is 3.20. The molecule has 2 aromatic heterocycles. The van der Waals surface area contributed by atoms with E-state index in [0.29, 0.717) is 6.54 Å². The van der Waals surface area contributed by atoms with Gasteiger partial charge in [-0.25, -0.2) is 4.98 Å². The first kappa shape index (κ1) is 17.4. The maximum absolute atomic E-state index is 12.1. The Morgan fingerprint density at radius 3 is 2.68 bits per heavy atom. The molecule has 0 atom stereocenters. The van der Waals surface area contributed by atoms with Crippen LogP contribution in [0.5, 0.6) is 0 Å². The van der Waals surface area contributed by atoms with Gasteiger partial charge in [-0.15, -0.1) is 11.3 Å². The third-order valence-corrected chi connectivity index (χ3v) is 5.13. The lowest BCUT2D eigenvalue weighted by atomic mass is 10.2. The van der Waals surface area contributed by atoms with Crippen LogP contribution < -0.4 is 5.32 Å². The summed E-state index contributed by atoms with van der Waals surface area (Å²) in [5.41, 5.74) is 1.99. The molecule has 1 N–H and O–H groups in total. The molecule has 0 saturated heterocycles. The lowest BCUT2D eigenvalue weighted by Gasteiger charge is -2.07. The number of fused-ring (bicyclic) bond motifs is 1. The van der Waals surface area contributed by atoms with E-state index in [0.717, 1.165) is 33.2 Å². The van der Waals surface area contributed by atoms with Gasteiger partial charge in [-0.3, -0.25) is 9.59 Å². The highest BCUT2D eigenvalue weighted by Crippen LogP contribution is 2.18. The maximum Gasteiger partial charge on any atom is 0.220 e. The Morgan fingerprint density at radius 1 is 1.16 bits per heavy atom. The number of aromatic nitrogens is 2. The molecule has 3 aromatic rings. The Bertz CT molecular complexity index is 910. The molecule has 25 heavy (non-hydrogen) atoms. The van der Waals surface area contributed by atoms with Gasteiger partial charge in [0.15, 0.2) is 5.78 Å². The molecule has 2 heterocycles. The fourth-order valence-corrected chi connectivity index (χ4v) is 3.65. The van der Waals surface area contributed by atoms with E-state index < -0.39 is 0 Å². The summed E-state index contributed by atoms with van der Waals surface area (Å²) < 4.78 is 2.09. The van der Waals surface area contributed by atoms with Crippen LogP contribution in [-0.2, 0) is 17.9 Å². The number of amides is 1. The summed E-state index contributed by atoms with van der Waals surface area (Å²) in [5, 5.41) is 2.88. The summed E-state index contributed by atoms with van der Waals surface area (Å²) in [6, 6.07) is 11.7. The number of nitrogens with one attached hydrogen (secondary N) is 1. The minimum atomic E-state index is -0.128. The van der Waals surface area contributed by atoms with E-state index in [1.165, 1.54) is 11.3 Å². The van der Waals surface area contributed by atoms with Crippen LogP contribution in [0.25, 0.3) is 11.0 Å². The first-order valence-electron chi connectivity index (χ1n) is 8.39. The molecule has 0 radical (unpaired) electrons. The molecule has 130 valence electrons. The van der Waals surface area contributed by atoms with Crippen LogP contribution in [0, 0.1) is 6.92 Å². The molecule has 6 heteroatoms. The number of carbonyl (C=O) groups excluding carboxylic acids is 2. The van der Waals surface area contributed by atoms with Crippen molar-refractivity contribution >= 4 is 34.1 Å². The summed E-state index contributed by atoms with van der Waals surface area (Å²) in [6.07, 6.45) is 0.429. The fraction of sp³-hybridized carbons (Fsp3) is 0.316. The van der Waals surface area contributed by atoms with Crippen LogP contribution in [-0.4, -0.2) is 21.2 Å². The maximum atomic E-state index is 12.1. The first-order valence-corrected chi connectivity index (χ1v) is 9.20. The van der Waals surface area contributed by atoms with Gasteiger partial charge in [-0.2, -0.15) is 0 Å². The zero-order valence-corrected chi connectivity index (χ0v) is 15.2. The number of hydrogen-bond donors (Lipinski definition) is 1. The Labute approximate surface area is 150 Å². The Balaban J connectivity index is 1.56. The van der Waals surface area contributed by atoms with Crippen molar-refractivity contribution in [2.24, 2.45) is 0 Å². The largest absolute Gasteiger partial charge is 0.349 e. The zero-order chi connectivity index (χ0) is 17.8. The van der Waals surface area contributed by atoms with Crippen molar-refractivity contribution < 1.29 is 9.59 Å². The molecule has 0 aliphatic carbocycles. The predicted molar refractivity (Wildman–Crippen MR) is 99.9 cm³/mol. The van der Waals surface area contributed by atoms with Crippen molar-refractivity contribution in [2.75, 3.05) is 0 Å². The predicted octanol–water partition coefficient (Wildman–Crippen LogP) is 3.71. The van der Waals surface area contributed by atoms with Gasteiger partial charge in [-0.1, -0.05) is 12.1 Å². The third-order valence-electron chi connectivity index (χ3n) is 4.09. The number of carbonyl (C=O) groups is 2. The minimum absolute atomic E-state index is 0.0223. The van der Waals surface area contributed by atoms with Crippen molar-refractivity contribution in [2.45, 2.75) is 39.8 Å². The third kappa shape index (κ3) is 3.96. The quantitative estimate of drug-likeness (QED) is 0.657. The second-order valence-corrected chi connectivity index (χ2v) is 7.16. The standard InChI is InChI=1S/C19H21N3O2S/c1-3-22-15-7-5-4-6-14(15)21-18(22)12-20-19(24)11-9-16(23)17-10-8-13(2)25-17/h4-8,10H,3,9,11-12H2,1-2H3,(H,20,24). The van der Waals surface area contributed by atoms with E-state index in [1.807, 2.05) is 43.3 Å². The number of benzene rings is 1. The zero-order valence-electron chi connectivity index (χ0n) is 14.4. The summed E-state index contributed by atoms with van der Waals surface area (Å²) in [7, 11) is 0. The van der Waals surface area contributed by atoms with Gasteiger partial charge in [-0.05, 0) is 38.1 Å². The van der Waals surface area contributed by atoms with Crippen molar-refractivity contribution in [3.8, 4) is 0 Å². The monoisotopic (exact) mass is 355 g/mol. The van der Waals surface area contributed by atoms with Crippen molar-refractivity contribution in [3.63, 3.8) is 0 Å². The normalized spacial score (nSPS) is 11.0. The lowest BCUT2D eigenvalue weighted by molar-refractivity contribution is -0.121. The number of Topliss-reactive ketones (excluding diaryl/α,β-unsaturated/α-hetero) is 1. The number of ketones is 1. The van der Waals surface area contributed by atoms with Gasteiger partial charge < -0.3 is 9.88 Å². The van der Waals surface area contributed by atoms with Gasteiger partial charge in [0.1, 0.15) is 5.82 Å². The van der Waals surface area contributed by atoms with E-state index in [2.05, 4.69) is 21.8 Å². The van der Waals surface area contributed by atoms with Crippen LogP contribution in [0.15, 0.2) is 36.4 Å². The van der Waals surface area contributed by atoms with Crippen LogP contribution in [0.2, 0.25) is 0 Å². The van der Waals surface area contributed by atoms with Crippen molar-refractivity contribution in [1.82, 2.24) is 14.9 Å². The highest BCUT2D eigenvalue weighted by molar-refractivity contribution is 7.14. The molecule has 1 aromatic carbocycles. The fourth-order valence-electron chi connectivity index (χ4n) is 2.81. The number of rotatable bonds is 7. The van der Waals surface area contributed by atoms with Crippen LogP contribution >= 0.6 is 11.3 Å². The Kier molecular flexibility index (Phi) is 5.28. The SMILES string of the molecule is CCn1c(CNC(=O)CCC(=O)c2ccc(C)s2)nc2ccccc21. The topological polar surface area (TPSA) is 64.0 Å². The van der Waals surface area contributed by atoms with Crippen molar-refractivity contribution in [1.29, 1.82) is 0 Å². The van der Waals surface area contributed by atoms with Gasteiger partial charge in [0.25, 0.3) is 0 Å². The smallest absolute Gasteiger partial charge is 0.220 e. The number of nitrogens with zero attached hydrogens (tertiary/aromatic N) is 2. The number of para-hydroxylation sites is 2. The number of imidazole rings is 1. The van der Waals surface area contributed by atoms with E-state index in [9.17, 15) is 9.59 Å². The summed E-state index contributed by atoms with van der Waals surface area (Å²) in [4.78, 5) is 30.6. The van der Waals surface area contributed by atoms with Crippen molar-refractivity contribution in [3.05, 3.63) is 52.0 Å².